The van der Waals surface area contributed by atoms with E-state index in [2.05, 4.69) is 104 Å². The molecule has 1 amide bonds. The van der Waals surface area contributed by atoms with Gasteiger partial charge in [0, 0.05) is 6.42 Å². The topological polar surface area (TPSA) is 149 Å². The van der Waals surface area contributed by atoms with Gasteiger partial charge >= 0.3 is 0 Å². The van der Waals surface area contributed by atoms with Crippen LogP contribution in [0.2, 0.25) is 0 Å². The number of aliphatic hydroxyl groups excluding tert-OH is 5. The minimum absolute atomic E-state index is 0.189. The van der Waals surface area contributed by atoms with Crippen molar-refractivity contribution in [1.29, 1.82) is 0 Å². The van der Waals surface area contributed by atoms with Crippen molar-refractivity contribution in [2.45, 2.75) is 346 Å². The van der Waals surface area contributed by atoms with Crippen LogP contribution in [0.3, 0.4) is 0 Å². The van der Waals surface area contributed by atoms with Gasteiger partial charge in [-0.1, -0.05) is 304 Å². The lowest BCUT2D eigenvalue weighted by Gasteiger charge is -2.40. The predicted octanol–water partition coefficient (Wildman–Crippen LogP) is 18.7. The first-order valence-corrected chi connectivity index (χ1v) is 34.5. The van der Waals surface area contributed by atoms with Crippen LogP contribution in [-0.2, 0) is 14.3 Å². The van der Waals surface area contributed by atoms with Gasteiger partial charge in [-0.3, -0.25) is 4.79 Å². The first kappa shape index (κ1) is 77.1. The van der Waals surface area contributed by atoms with E-state index in [4.69, 9.17) is 9.47 Å². The fourth-order valence-corrected chi connectivity index (χ4v) is 10.5. The van der Waals surface area contributed by atoms with E-state index in [9.17, 15) is 30.3 Å². The third-order valence-corrected chi connectivity index (χ3v) is 15.9. The van der Waals surface area contributed by atoms with Crippen LogP contribution in [0.4, 0.5) is 0 Å². The van der Waals surface area contributed by atoms with Crippen molar-refractivity contribution in [2.75, 3.05) is 13.2 Å². The lowest BCUT2D eigenvalue weighted by atomic mass is 9.99. The van der Waals surface area contributed by atoms with Crippen LogP contribution < -0.4 is 5.32 Å². The molecule has 1 fully saturated rings. The SMILES string of the molecule is CC/C=C\C/C=C\C/C=C\C/C=C\C/C=C\CCCCCCCCCCCCCCCCCCCCCC(=O)NC(COC1OC(CO)C(O)C(O)C1O)C(O)/C=C/CC/C=C/CC/C=C/CCCCCCCCCCCCCCCC. The molecular weight excluding hydrogens is 1020 g/mol. The second-order valence-electron chi connectivity index (χ2n) is 23.6. The molecule has 1 aliphatic heterocycles. The van der Waals surface area contributed by atoms with Gasteiger partial charge in [-0.2, -0.15) is 0 Å². The Labute approximate surface area is 504 Å². The number of nitrogens with one attached hydrogen (secondary N) is 1. The zero-order valence-corrected chi connectivity index (χ0v) is 53.0. The molecular formula is C73H129NO8. The number of rotatable bonds is 59. The molecule has 0 spiro atoms. The molecule has 1 heterocycles. The predicted molar refractivity (Wildman–Crippen MR) is 350 cm³/mol. The molecule has 0 aromatic carbocycles. The highest BCUT2D eigenvalue weighted by molar-refractivity contribution is 5.76. The zero-order valence-electron chi connectivity index (χ0n) is 53.0. The number of carbonyl (C=O) groups excluding carboxylic acids is 1. The Hall–Kier alpha value is -2.89. The van der Waals surface area contributed by atoms with Gasteiger partial charge in [0.2, 0.25) is 5.91 Å². The third-order valence-electron chi connectivity index (χ3n) is 15.9. The lowest BCUT2D eigenvalue weighted by Crippen LogP contribution is -2.60. The number of aliphatic hydroxyl groups is 5. The molecule has 82 heavy (non-hydrogen) atoms. The number of allylic oxidation sites excluding steroid dienone is 15. The van der Waals surface area contributed by atoms with Gasteiger partial charge in [0.25, 0.3) is 0 Å². The number of amides is 1. The number of hydrogen-bond acceptors (Lipinski definition) is 8. The maximum absolute atomic E-state index is 13.1. The van der Waals surface area contributed by atoms with Crippen LogP contribution in [0, 0.1) is 0 Å². The van der Waals surface area contributed by atoms with Crippen LogP contribution in [0.15, 0.2) is 97.2 Å². The molecule has 0 aromatic heterocycles. The van der Waals surface area contributed by atoms with E-state index in [0.29, 0.717) is 6.42 Å². The van der Waals surface area contributed by atoms with Crippen LogP contribution in [-0.4, -0.2) is 87.5 Å². The highest BCUT2D eigenvalue weighted by Gasteiger charge is 2.44. The molecule has 0 aliphatic carbocycles. The molecule has 1 saturated heterocycles. The zero-order chi connectivity index (χ0) is 59.3. The first-order chi connectivity index (χ1) is 40.3. The van der Waals surface area contributed by atoms with Gasteiger partial charge in [-0.25, -0.2) is 0 Å². The summed E-state index contributed by atoms with van der Waals surface area (Å²) in [5.41, 5.74) is 0. The van der Waals surface area contributed by atoms with Crippen molar-refractivity contribution in [3.8, 4) is 0 Å². The van der Waals surface area contributed by atoms with Crippen molar-refractivity contribution in [1.82, 2.24) is 5.32 Å². The number of unbranched alkanes of at least 4 members (excludes halogenated alkanes) is 35. The quantitative estimate of drug-likeness (QED) is 0.0261. The summed E-state index contributed by atoms with van der Waals surface area (Å²) >= 11 is 0. The van der Waals surface area contributed by atoms with Gasteiger partial charge in [0.1, 0.15) is 24.4 Å². The molecule has 7 unspecified atom stereocenters. The van der Waals surface area contributed by atoms with Crippen molar-refractivity contribution in [3.05, 3.63) is 97.2 Å². The normalized spacial score (nSPS) is 18.9. The van der Waals surface area contributed by atoms with Crippen molar-refractivity contribution in [3.63, 3.8) is 0 Å². The molecule has 0 radical (unpaired) electrons. The van der Waals surface area contributed by atoms with Gasteiger partial charge < -0.3 is 40.3 Å². The largest absolute Gasteiger partial charge is 0.394 e. The molecule has 1 rings (SSSR count). The third kappa shape index (κ3) is 49.4. The van der Waals surface area contributed by atoms with Gasteiger partial charge in [0.15, 0.2) is 6.29 Å². The van der Waals surface area contributed by atoms with Crippen molar-refractivity contribution < 1.29 is 39.8 Å². The molecule has 1 aliphatic rings. The fraction of sp³-hybridized carbons (Fsp3) is 0.767. The van der Waals surface area contributed by atoms with E-state index in [1.807, 2.05) is 6.08 Å². The molecule has 9 nitrogen and oxygen atoms in total. The van der Waals surface area contributed by atoms with Gasteiger partial charge in [0.05, 0.1) is 25.4 Å². The Morgan fingerprint density at radius 1 is 0.427 bits per heavy atom. The maximum Gasteiger partial charge on any atom is 0.220 e. The summed E-state index contributed by atoms with van der Waals surface area (Å²) in [6.45, 7) is 3.67. The molecule has 0 saturated carbocycles. The number of carbonyl (C=O) groups is 1. The Kier molecular flexibility index (Phi) is 57.6. The van der Waals surface area contributed by atoms with Gasteiger partial charge in [-0.15, -0.1) is 0 Å². The Morgan fingerprint density at radius 2 is 0.768 bits per heavy atom. The van der Waals surface area contributed by atoms with E-state index in [0.717, 1.165) is 77.0 Å². The highest BCUT2D eigenvalue weighted by Crippen LogP contribution is 2.23. The van der Waals surface area contributed by atoms with E-state index >= 15 is 0 Å². The Balaban J connectivity index is 2.15. The highest BCUT2D eigenvalue weighted by atomic mass is 16.7. The van der Waals surface area contributed by atoms with Crippen LogP contribution in [0.5, 0.6) is 0 Å². The first-order valence-electron chi connectivity index (χ1n) is 34.5. The molecule has 7 atom stereocenters. The summed E-state index contributed by atoms with van der Waals surface area (Å²) in [5, 5.41) is 54.7. The smallest absolute Gasteiger partial charge is 0.220 e. The van der Waals surface area contributed by atoms with E-state index in [1.165, 1.54) is 205 Å². The summed E-state index contributed by atoms with van der Waals surface area (Å²) < 4.78 is 11.3. The summed E-state index contributed by atoms with van der Waals surface area (Å²) in [4.78, 5) is 13.1. The summed E-state index contributed by atoms with van der Waals surface area (Å²) in [7, 11) is 0. The summed E-state index contributed by atoms with van der Waals surface area (Å²) in [6.07, 6.45) is 82.2. The second kappa shape index (κ2) is 61.2. The lowest BCUT2D eigenvalue weighted by molar-refractivity contribution is -0.302. The Bertz CT molecular complexity index is 1620. The Morgan fingerprint density at radius 3 is 1.17 bits per heavy atom. The number of ether oxygens (including phenoxy) is 2. The average molecular weight is 1150 g/mol. The average Bonchev–Trinajstić information content (AvgIpc) is 3.52. The van der Waals surface area contributed by atoms with E-state index in [1.54, 1.807) is 6.08 Å². The van der Waals surface area contributed by atoms with Crippen LogP contribution >= 0.6 is 0 Å². The van der Waals surface area contributed by atoms with Crippen molar-refractivity contribution in [2.24, 2.45) is 0 Å². The molecule has 9 heteroatoms. The minimum Gasteiger partial charge on any atom is -0.394 e. The van der Waals surface area contributed by atoms with Crippen molar-refractivity contribution >= 4 is 5.91 Å². The summed E-state index contributed by atoms with van der Waals surface area (Å²) in [6, 6.07) is -0.833. The fourth-order valence-electron chi connectivity index (χ4n) is 10.5. The van der Waals surface area contributed by atoms with Gasteiger partial charge in [-0.05, 0) is 89.9 Å². The standard InChI is InChI=1S/C73H129NO8/c1-3-5-7-9-11-13-15-17-19-21-23-25-27-29-30-31-32-33-34-35-36-37-38-39-41-43-45-47-49-51-53-55-57-59-61-63-69(77)74-66(65-81-73-72(80)71(79)70(78)68(64-75)82-73)67(76)62-60-58-56-54-52-50-48-46-44-42-40-28-26-24-22-20-18-16-14-12-10-8-6-4-2/h5,7,11,13,17,19,23,25,29-30,44,46,52,54,60,62,66-68,70-73,75-76,78-80H,3-4,6,8-10,12,14-16,18,20-22,24,26-28,31-43,45,47-51,53,55-59,61,63-65H2,1-2H3,(H,74,77)/b7-5-,13-11-,19-17-,25-23-,30-29-,46-44+,54-52+,62-60+. The van der Waals surface area contributed by atoms with Crippen LogP contribution in [0.1, 0.15) is 303 Å². The van der Waals surface area contributed by atoms with E-state index < -0.39 is 49.5 Å². The van der Waals surface area contributed by atoms with E-state index in [-0.39, 0.29) is 12.5 Å². The molecule has 0 bridgehead atoms. The molecule has 0 aromatic rings. The molecule has 6 N–H and O–H groups in total. The number of hydrogen-bond donors (Lipinski definition) is 6. The second-order valence-corrected chi connectivity index (χ2v) is 23.6. The molecule has 474 valence electrons. The maximum atomic E-state index is 13.1. The van der Waals surface area contributed by atoms with Crippen LogP contribution in [0.25, 0.3) is 0 Å². The summed E-state index contributed by atoms with van der Waals surface area (Å²) in [5.74, 6) is -0.189. The minimum atomic E-state index is -1.58. The monoisotopic (exact) mass is 1150 g/mol.